The Morgan fingerprint density at radius 2 is 1.95 bits per heavy atom. The normalized spacial score (nSPS) is 11.2. The van der Waals surface area contributed by atoms with Gasteiger partial charge in [-0.3, -0.25) is 4.40 Å². The van der Waals surface area contributed by atoms with Crippen molar-refractivity contribution in [2.24, 2.45) is 5.18 Å². The summed E-state index contributed by atoms with van der Waals surface area (Å²) in [5, 5.41) is 12.4. The van der Waals surface area contributed by atoms with Gasteiger partial charge in [-0.1, -0.05) is 23.5 Å². The third-order valence-corrected chi connectivity index (χ3v) is 4.36. The maximum Gasteiger partial charge on any atom is 0.195 e. The molecular formula is C15H9N3O2S. The molecule has 0 amide bonds. The Balaban J connectivity index is 1.88. The van der Waals surface area contributed by atoms with Gasteiger partial charge in [0.15, 0.2) is 4.96 Å². The fourth-order valence-electron chi connectivity index (χ4n) is 2.32. The van der Waals surface area contributed by atoms with Crippen molar-refractivity contribution < 1.29 is 5.11 Å². The Morgan fingerprint density at radius 1 is 1.14 bits per heavy atom. The fourth-order valence-corrected chi connectivity index (χ4v) is 3.36. The Kier molecular flexibility index (Phi) is 2.52. The average molecular weight is 295 g/mol. The highest BCUT2D eigenvalue weighted by atomic mass is 32.1. The third-order valence-electron chi connectivity index (χ3n) is 3.35. The molecule has 0 aliphatic rings. The molecule has 0 saturated carbocycles. The van der Waals surface area contributed by atoms with Crippen LogP contribution in [0.15, 0.2) is 53.8 Å². The second-order valence-electron chi connectivity index (χ2n) is 4.67. The molecule has 0 saturated heterocycles. The van der Waals surface area contributed by atoms with Gasteiger partial charge in [0.1, 0.15) is 11.4 Å². The standard InChI is InChI=1S/C15H9N3O2S/c19-11-5-6-13-14(7-11)21-15-16-12(8-18(13)15)9-1-3-10(17-20)4-2-9/h1-8,19H. The van der Waals surface area contributed by atoms with Gasteiger partial charge in [0.05, 0.1) is 15.9 Å². The van der Waals surface area contributed by atoms with Crippen molar-refractivity contribution >= 4 is 32.2 Å². The first-order valence-corrected chi connectivity index (χ1v) is 7.11. The average Bonchev–Trinajstić information content (AvgIpc) is 3.04. The lowest BCUT2D eigenvalue weighted by molar-refractivity contribution is 0.476. The molecule has 2 aromatic heterocycles. The van der Waals surface area contributed by atoms with E-state index in [0.29, 0.717) is 5.69 Å². The number of hydrogen-bond donors (Lipinski definition) is 1. The molecule has 2 aromatic carbocycles. The molecule has 0 aliphatic heterocycles. The second kappa shape index (κ2) is 4.39. The highest BCUT2D eigenvalue weighted by molar-refractivity contribution is 7.23. The van der Waals surface area contributed by atoms with Gasteiger partial charge >= 0.3 is 0 Å². The lowest BCUT2D eigenvalue weighted by atomic mass is 10.1. The summed E-state index contributed by atoms with van der Waals surface area (Å²) >= 11 is 1.52. The zero-order chi connectivity index (χ0) is 14.4. The summed E-state index contributed by atoms with van der Waals surface area (Å²) in [7, 11) is 0. The largest absolute Gasteiger partial charge is 0.508 e. The summed E-state index contributed by atoms with van der Waals surface area (Å²) < 4.78 is 2.99. The van der Waals surface area contributed by atoms with Crippen LogP contribution in [0.25, 0.3) is 26.4 Å². The fraction of sp³-hybridized carbons (Fsp3) is 0. The van der Waals surface area contributed by atoms with Crippen LogP contribution in [0.3, 0.4) is 0 Å². The van der Waals surface area contributed by atoms with Crippen LogP contribution in [0.1, 0.15) is 0 Å². The molecule has 4 rings (SSSR count). The van der Waals surface area contributed by atoms with Crippen molar-refractivity contribution in [3.8, 4) is 17.0 Å². The quantitative estimate of drug-likeness (QED) is 0.560. The van der Waals surface area contributed by atoms with Crippen LogP contribution in [-0.2, 0) is 0 Å². The molecule has 4 aromatic rings. The highest BCUT2D eigenvalue weighted by Crippen LogP contribution is 2.31. The molecule has 0 spiro atoms. The minimum Gasteiger partial charge on any atom is -0.508 e. The van der Waals surface area contributed by atoms with E-state index >= 15 is 0 Å². The third kappa shape index (κ3) is 1.88. The van der Waals surface area contributed by atoms with Crippen LogP contribution in [0, 0.1) is 4.91 Å². The SMILES string of the molecule is O=Nc1ccc(-c2cn3c(n2)sc2cc(O)ccc23)cc1. The van der Waals surface area contributed by atoms with Crippen molar-refractivity contribution in [1.29, 1.82) is 0 Å². The summed E-state index contributed by atoms with van der Waals surface area (Å²) in [6.07, 6.45) is 1.95. The Labute approximate surface area is 123 Å². The van der Waals surface area contributed by atoms with Crippen molar-refractivity contribution in [2.75, 3.05) is 0 Å². The number of hydrogen-bond acceptors (Lipinski definition) is 5. The lowest BCUT2D eigenvalue weighted by Crippen LogP contribution is -1.77. The van der Waals surface area contributed by atoms with Gasteiger partial charge in [-0.15, -0.1) is 4.91 Å². The van der Waals surface area contributed by atoms with Crippen LogP contribution in [0.2, 0.25) is 0 Å². The van der Waals surface area contributed by atoms with Crippen LogP contribution in [0.4, 0.5) is 5.69 Å². The van der Waals surface area contributed by atoms with E-state index in [-0.39, 0.29) is 5.75 Å². The molecule has 5 nitrogen and oxygen atoms in total. The predicted octanol–water partition coefficient (Wildman–Crippen LogP) is 4.32. The molecular weight excluding hydrogens is 286 g/mol. The van der Waals surface area contributed by atoms with E-state index in [1.807, 2.05) is 28.8 Å². The van der Waals surface area contributed by atoms with E-state index in [1.165, 1.54) is 11.3 Å². The maximum atomic E-state index is 10.4. The first kappa shape index (κ1) is 12.0. The number of imidazole rings is 1. The molecule has 102 valence electrons. The molecule has 2 heterocycles. The summed E-state index contributed by atoms with van der Waals surface area (Å²) in [6, 6.07) is 12.3. The van der Waals surface area contributed by atoms with Crippen LogP contribution in [0.5, 0.6) is 5.75 Å². The predicted molar refractivity (Wildman–Crippen MR) is 83.1 cm³/mol. The molecule has 0 unspecified atom stereocenters. The van der Waals surface area contributed by atoms with Crippen molar-refractivity contribution in [2.45, 2.75) is 0 Å². The zero-order valence-electron chi connectivity index (χ0n) is 10.7. The van der Waals surface area contributed by atoms with E-state index < -0.39 is 0 Å². The van der Waals surface area contributed by atoms with Crippen LogP contribution < -0.4 is 0 Å². The first-order valence-electron chi connectivity index (χ1n) is 6.29. The summed E-state index contributed by atoms with van der Waals surface area (Å²) in [5.41, 5.74) is 3.19. The molecule has 0 atom stereocenters. The number of thiazole rings is 1. The highest BCUT2D eigenvalue weighted by Gasteiger charge is 2.10. The van der Waals surface area contributed by atoms with E-state index in [9.17, 15) is 10.0 Å². The van der Waals surface area contributed by atoms with E-state index in [0.717, 1.165) is 26.4 Å². The summed E-state index contributed by atoms with van der Waals surface area (Å²) in [5.74, 6) is 0.254. The Bertz CT molecular complexity index is 970. The lowest BCUT2D eigenvalue weighted by Gasteiger charge is -1.96. The number of fused-ring (bicyclic) bond motifs is 3. The summed E-state index contributed by atoms with van der Waals surface area (Å²) in [6.45, 7) is 0. The van der Waals surface area contributed by atoms with Gasteiger partial charge in [-0.25, -0.2) is 4.98 Å². The molecule has 6 heteroatoms. The second-order valence-corrected chi connectivity index (χ2v) is 5.68. The van der Waals surface area contributed by atoms with Crippen LogP contribution in [-0.4, -0.2) is 14.5 Å². The van der Waals surface area contributed by atoms with E-state index in [4.69, 9.17) is 0 Å². The topological polar surface area (TPSA) is 67.0 Å². The number of aromatic nitrogens is 2. The Morgan fingerprint density at radius 3 is 2.71 bits per heavy atom. The van der Waals surface area contributed by atoms with E-state index in [2.05, 4.69) is 10.2 Å². The van der Waals surface area contributed by atoms with Crippen molar-refractivity contribution in [3.05, 3.63) is 53.6 Å². The van der Waals surface area contributed by atoms with Gasteiger partial charge in [-0.05, 0) is 35.5 Å². The van der Waals surface area contributed by atoms with Crippen molar-refractivity contribution in [3.63, 3.8) is 0 Å². The first-order chi connectivity index (χ1) is 10.2. The number of rotatable bonds is 2. The number of nitrogens with zero attached hydrogens (tertiary/aromatic N) is 3. The molecule has 0 aliphatic carbocycles. The molecule has 1 N–H and O–H groups in total. The zero-order valence-corrected chi connectivity index (χ0v) is 11.5. The van der Waals surface area contributed by atoms with Crippen LogP contribution >= 0.6 is 11.3 Å². The Hall–Kier alpha value is -2.73. The summed E-state index contributed by atoms with van der Waals surface area (Å²) in [4.78, 5) is 15.9. The minimum absolute atomic E-state index is 0.254. The van der Waals surface area contributed by atoms with Gasteiger partial charge in [-0.2, -0.15) is 0 Å². The van der Waals surface area contributed by atoms with Gasteiger partial charge in [0.25, 0.3) is 0 Å². The maximum absolute atomic E-state index is 10.4. The van der Waals surface area contributed by atoms with Gasteiger partial charge < -0.3 is 5.11 Å². The van der Waals surface area contributed by atoms with E-state index in [1.54, 1.807) is 24.3 Å². The van der Waals surface area contributed by atoms with Gasteiger partial charge in [0.2, 0.25) is 0 Å². The monoisotopic (exact) mass is 295 g/mol. The minimum atomic E-state index is 0.254. The molecule has 0 radical (unpaired) electrons. The number of phenolic OH excluding ortho intramolecular Hbond substituents is 1. The molecule has 0 bridgehead atoms. The number of benzene rings is 2. The smallest absolute Gasteiger partial charge is 0.195 e. The molecule has 21 heavy (non-hydrogen) atoms. The van der Waals surface area contributed by atoms with Crippen molar-refractivity contribution in [1.82, 2.24) is 9.38 Å². The number of phenols is 1. The van der Waals surface area contributed by atoms with Gasteiger partial charge in [0, 0.05) is 11.8 Å². The molecule has 0 fully saturated rings. The number of nitroso groups, excluding NO2 is 1. The number of aromatic hydroxyl groups is 1.